The van der Waals surface area contributed by atoms with Gasteiger partial charge in [0.25, 0.3) is 0 Å². The van der Waals surface area contributed by atoms with Crippen molar-refractivity contribution in [1.82, 2.24) is 10.3 Å². The Kier molecular flexibility index (Phi) is 7.07. The van der Waals surface area contributed by atoms with Gasteiger partial charge in [0.15, 0.2) is 0 Å². The lowest BCUT2D eigenvalue weighted by molar-refractivity contribution is -0.136. The van der Waals surface area contributed by atoms with Crippen LogP contribution in [0.3, 0.4) is 0 Å². The van der Waals surface area contributed by atoms with E-state index in [0.29, 0.717) is 12.1 Å². The van der Waals surface area contributed by atoms with E-state index in [2.05, 4.69) is 15.6 Å². The number of benzene rings is 3. The average molecular weight is 496 g/mol. The number of nitrogens with one attached hydrogen (secondary N) is 2. The van der Waals surface area contributed by atoms with Crippen molar-refractivity contribution in [2.45, 2.75) is 18.1 Å². The van der Waals surface area contributed by atoms with Crippen LogP contribution in [0, 0.1) is 0 Å². The van der Waals surface area contributed by atoms with Gasteiger partial charge in [0.1, 0.15) is 5.54 Å². The highest BCUT2D eigenvalue weighted by Crippen LogP contribution is 2.37. The van der Waals surface area contributed by atoms with Gasteiger partial charge in [-0.1, -0.05) is 78.3 Å². The van der Waals surface area contributed by atoms with E-state index in [9.17, 15) is 18.0 Å². The number of halogens is 4. The quantitative estimate of drug-likeness (QED) is 0.301. The van der Waals surface area contributed by atoms with Crippen molar-refractivity contribution in [3.63, 3.8) is 0 Å². The lowest BCUT2D eigenvalue weighted by atomic mass is 9.80. The maximum Gasteiger partial charge on any atom is 0.418 e. The summed E-state index contributed by atoms with van der Waals surface area (Å²) in [5, 5.41) is 5.23. The maximum absolute atomic E-state index is 13.6. The summed E-state index contributed by atoms with van der Waals surface area (Å²) >= 11 is 5.78. The first kappa shape index (κ1) is 24.3. The number of carbonyl (C=O) groups is 1. The van der Waals surface area contributed by atoms with Crippen molar-refractivity contribution < 1.29 is 18.0 Å². The molecule has 0 aliphatic heterocycles. The maximum atomic E-state index is 13.6. The van der Waals surface area contributed by atoms with Gasteiger partial charge in [-0.3, -0.25) is 4.98 Å². The highest BCUT2D eigenvalue weighted by atomic mass is 35.5. The molecular weight excluding hydrogens is 475 g/mol. The number of carbonyl (C=O) groups excluding carboxylic acids is 1. The molecule has 0 aliphatic carbocycles. The molecule has 4 nitrogen and oxygen atoms in total. The number of rotatable bonds is 6. The number of nitrogens with zero attached hydrogens (tertiary/aromatic N) is 1. The van der Waals surface area contributed by atoms with Crippen LogP contribution in [0.25, 0.3) is 0 Å². The van der Waals surface area contributed by atoms with E-state index in [1.165, 1.54) is 6.07 Å². The van der Waals surface area contributed by atoms with E-state index in [1.807, 2.05) is 60.7 Å². The molecule has 0 radical (unpaired) electrons. The normalized spacial score (nSPS) is 13.0. The van der Waals surface area contributed by atoms with Gasteiger partial charge < -0.3 is 10.6 Å². The molecule has 1 heterocycles. The van der Waals surface area contributed by atoms with E-state index < -0.39 is 29.0 Å². The van der Waals surface area contributed by atoms with Crippen LogP contribution < -0.4 is 10.6 Å². The smallest absolute Gasteiger partial charge is 0.322 e. The average Bonchev–Trinajstić information content (AvgIpc) is 2.86. The first-order valence-corrected chi connectivity index (χ1v) is 11.1. The Bertz CT molecular complexity index is 1240. The predicted molar refractivity (Wildman–Crippen MR) is 130 cm³/mol. The summed E-state index contributed by atoms with van der Waals surface area (Å²) in [6, 6.07) is 26.4. The number of amides is 2. The van der Waals surface area contributed by atoms with Gasteiger partial charge in [-0.05, 0) is 41.5 Å². The van der Waals surface area contributed by atoms with Crippen molar-refractivity contribution in [3.05, 3.63) is 131 Å². The lowest BCUT2D eigenvalue weighted by Crippen LogP contribution is -2.50. The minimum absolute atomic E-state index is 0.0838. The van der Waals surface area contributed by atoms with Gasteiger partial charge in [0.2, 0.25) is 0 Å². The molecule has 0 bridgehead atoms. The third-order valence-corrected chi connectivity index (χ3v) is 5.78. The summed E-state index contributed by atoms with van der Waals surface area (Å²) in [5.74, 6) is 0. The molecule has 0 saturated carbocycles. The first-order chi connectivity index (χ1) is 16.8. The number of hydrogen-bond acceptors (Lipinski definition) is 2. The van der Waals surface area contributed by atoms with Crippen molar-refractivity contribution >= 4 is 23.3 Å². The van der Waals surface area contributed by atoms with Crippen molar-refractivity contribution in [2.24, 2.45) is 0 Å². The number of pyridine rings is 1. The number of hydrogen-bond donors (Lipinski definition) is 2. The van der Waals surface area contributed by atoms with Gasteiger partial charge in [0, 0.05) is 17.6 Å². The van der Waals surface area contributed by atoms with E-state index >= 15 is 0 Å². The molecule has 0 saturated heterocycles. The first-order valence-electron chi connectivity index (χ1n) is 10.7. The zero-order valence-corrected chi connectivity index (χ0v) is 19.1. The Balaban J connectivity index is 1.78. The molecule has 35 heavy (non-hydrogen) atoms. The van der Waals surface area contributed by atoms with Crippen LogP contribution >= 0.6 is 11.6 Å². The zero-order chi connectivity index (χ0) is 24.9. The van der Waals surface area contributed by atoms with Gasteiger partial charge in [-0.25, -0.2) is 4.79 Å². The van der Waals surface area contributed by atoms with Crippen LogP contribution in [0.1, 0.15) is 22.4 Å². The second kappa shape index (κ2) is 10.2. The second-order valence-corrected chi connectivity index (χ2v) is 8.35. The third kappa shape index (κ3) is 5.63. The van der Waals surface area contributed by atoms with Crippen LogP contribution in [-0.4, -0.2) is 11.0 Å². The number of alkyl halides is 3. The molecule has 0 fully saturated rings. The standard InChI is InChI=1S/C27H21ClF3N3O/c28-21-14-15-23(22(17-21)27(29,30)31)33-25(35)34-26(20-11-5-2-6-12-20,24-13-7-8-16-32-24)18-19-9-3-1-4-10-19/h1-17H,18H2,(H2,33,34,35). The van der Waals surface area contributed by atoms with Crippen molar-refractivity contribution in [2.75, 3.05) is 5.32 Å². The number of urea groups is 1. The summed E-state index contributed by atoms with van der Waals surface area (Å²) in [4.78, 5) is 17.8. The minimum Gasteiger partial charge on any atom is -0.322 e. The molecule has 1 aromatic heterocycles. The molecule has 2 N–H and O–H groups in total. The number of aromatic nitrogens is 1. The molecule has 4 rings (SSSR count). The van der Waals surface area contributed by atoms with Crippen LogP contribution in [0.2, 0.25) is 5.02 Å². The summed E-state index contributed by atoms with van der Waals surface area (Å²) < 4.78 is 40.8. The molecule has 0 spiro atoms. The Labute approximate surface area is 205 Å². The third-order valence-electron chi connectivity index (χ3n) is 5.54. The summed E-state index contributed by atoms with van der Waals surface area (Å²) in [7, 11) is 0. The van der Waals surface area contributed by atoms with Gasteiger partial charge >= 0.3 is 12.2 Å². The van der Waals surface area contributed by atoms with Gasteiger partial charge in [-0.2, -0.15) is 13.2 Å². The largest absolute Gasteiger partial charge is 0.418 e. The van der Waals surface area contributed by atoms with E-state index in [-0.39, 0.29) is 5.02 Å². The molecule has 1 unspecified atom stereocenters. The lowest BCUT2D eigenvalue weighted by Gasteiger charge is -2.35. The Morgan fingerprint density at radius 2 is 1.51 bits per heavy atom. The van der Waals surface area contributed by atoms with E-state index in [1.54, 1.807) is 24.4 Å². The fraction of sp³-hybridized carbons (Fsp3) is 0.111. The Hall–Kier alpha value is -3.84. The summed E-state index contributed by atoms with van der Waals surface area (Å²) in [6.45, 7) is 0. The minimum atomic E-state index is -4.70. The molecule has 1 atom stereocenters. The molecule has 2 amide bonds. The highest BCUT2D eigenvalue weighted by molar-refractivity contribution is 6.30. The van der Waals surface area contributed by atoms with Crippen molar-refractivity contribution in [3.8, 4) is 0 Å². The monoisotopic (exact) mass is 495 g/mol. The molecule has 178 valence electrons. The fourth-order valence-corrected chi connectivity index (χ4v) is 4.14. The van der Waals surface area contributed by atoms with Gasteiger partial charge in [0.05, 0.1) is 16.9 Å². The Morgan fingerprint density at radius 1 is 0.857 bits per heavy atom. The van der Waals surface area contributed by atoms with Gasteiger partial charge in [-0.15, -0.1) is 0 Å². The van der Waals surface area contributed by atoms with E-state index in [0.717, 1.165) is 23.3 Å². The van der Waals surface area contributed by atoms with E-state index in [4.69, 9.17) is 11.6 Å². The molecule has 3 aromatic carbocycles. The number of anilines is 1. The van der Waals surface area contributed by atoms with Crippen LogP contribution in [-0.2, 0) is 18.1 Å². The summed E-state index contributed by atoms with van der Waals surface area (Å²) in [5.41, 5.74) is -0.431. The molecule has 4 aromatic rings. The zero-order valence-electron chi connectivity index (χ0n) is 18.4. The van der Waals surface area contributed by atoms with Crippen molar-refractivity contribution in [1.29, 1.82) is 0 Å². The van der Waals surface area contributed by atoms with Crippen LogP contribution in [0.15, 0.2) is 103 Å². The fourth-order valence-electron chi connectivity index (χ4n) is 3.97. The predicted octanol–water partition coefficient (Wildman–Crippen LogP) is 7.06. The second-order valence-electron chi connectivity index (χ2n) is 7.92. The van der Waals surface area contributed by atoms with Crippen LogP contribution in [0.5, 0.6) is 0 Å². The van der Waals surface area contributed by atoms with Crippen LogP contribution in [0.4, 0.5) is 23.7 Å². The summed E-state index contributed by atoms with van der Waals surface area (Å²) in [6.07, 6.45) is -2.78. The molecular formula is C27H21ClF3N3O. The SMILES string of the molecule is O=C(Nc1ccc(Cl)cc1C(F)(F)F)NC(Cc1ccccc1)(c1ccccc1)c1ccccn1. The molecule has 8 heteroatoms. The Morgan fingerprint density at radius 3 is 2.14 bits per heavy atom. The topological polar surface area (TPSA) is 54.0 Å². The molecule has 0 aliphatic rings. The highest BCUT2D eigenvalue weighted by Gasteiger charge is 2.39.